The maximum atomic E-state index is 9.36. The number of imidazole rings is 2. The van der Waals surface area contributed by atoms with Crippen LogP contribution >= 0.6 is 0 Å². The molecular weight excluding hydrogens is 701 g/mol. The van der Waals surface area contributed by atoms with E-state index in [9.17, 15) is 5.26 Å². The van der Waals surface area contributed by atoms with Gasteiger partial charge in [0.25, 0.3) is 5.82 Å². The normalized spacial score (nSPS) is 16.2. The Labute approximate surface area is 322 Å². The third-order valence-corrected chi connectivity index (χ3v) is 10.9. The van der Waals surface area contributed by atoms with E-state index < -0.39 is 0 Å². The molecule has 0 saturated carbocycles. The second-order valence-corrected chi connectivity index (χ2v) is 14.6. The highest BCUT2D eigenvalue weighted by Crippen LogP contribution is 2.37. The molecule has 0 radical (unpaired) electrons. The van der Waals surface area contributed by atoms with Crippen molar-refractivity contribution in [2.24, 2.45) is 0 Å². The maximum absolute atomic E-state index is 9.36. The number of hydrogen-bond acceptors (Lipinski definition) is 6. The molecule has 0 aliphatic heterocycles. The summed E-state index contributed by atoms with van der Waals surface area (Å²) >= 11 is 0. The summed E-state index contributed by atoms with van der Waals surface area (Å²) in [6, 6.07) is 30.0. The van der Waals surface area contributed by atoms with Gasteiger partial charge in [0.1, 0.15) is 40.0 Å². The van der Waals surface area contributed by atoms with Crippen LogP contribution in [-0.4, -0.2) is 34.5 Å². The van der Waals surface area contributed by atoms with Crippen molar-refractivity contribution in [1.29, 1.82) is 5.26 Å². The van der Waals surface area contributed by atoms with Crippen molar-refractivity contribution < 1.29 is 14.2 Å². The number of rotatable bonds is 6. The maximum Gasteiger partial charge on any atom is 0.373 e. The van der Waals surface area contributed by atoms with E-state index in [0.717, 1.165) is 100 Å². The molecule has 4 aromatic carbocycles. The highest BCUT2D eigenvalue weighted by Gasteiger charge is 2.27. The Balaban J connectivity index is 0.869. The summed E-state index contributed by atoms with van der Waals surface area (Å²) in [5.74, 6) is 4.69. The molecule has 12 heteroatoms. The van der Waals surface area contributed by atoms with Gasteiger partial charge in [-0.1, -0.05) is 12.1 Å². The minimum absolute atomic E-state index is 0.0546. The molecule has 2 atom stereocenters. The van der Waals surface area contributed by atoms with Crippen LogP contribution in [-0.2, 0) is 12.8 Å². The van der Waals surface area contributed by atoms with Crippen LogP contribution in [0, 0.1) is 31.2 Å². The number of nitrogens with zero attached hydrogens (tertiary/aromatic N) is 8. The predicted octanol–water partition coefficient (Wildman–Crippen LogP) is 8.25. The van der Waals surface area contributed by atoms with Crippen LogP contribution < -0.4 is 14.2 Å². The third kappa shape index (κ3) is 6.11. The van der Waals surface area contributed by atoms with Gasteiger partial charge in [-0.2, -0.15) is 10.4 Å². The smallest absolute Gasteiger partial charge is 0.373 e. The summed E-state index contributed by atoms with van der Waals surface area (Å²) in [4.78, 5) is 17.1. The van der Waals surface area contributed by atoms with Gasteiger partial charge < -0.3 is 14.5 Å². The Bertz CT molecular complexity index is 2910. The topological polar surface area (TPSA) is 131 Å². The number of aryl methyl sites for hydroxylation is 4. The Morgan fingerprint density at radius 3 is 2.29 bits per heavy atom. The van der Waals surface area contributed by atoms with Crippen molar-refractivity contribution in [2.45, 2.75) is 64.6 Å². The molecule has 10 rings (SSSR count). The van der Waals surface area contributed by atoms with Crippen molar-refractivity contribution in [3.05, 3.63) is 148 Å². The van der Waals surface area contributed by atoms with E-state index in [2.05, 4.69) is 56.6 Å². The molecular formula is C44H38N10O2+2. The molecule has 274 valence electrons. The second kappa shape index (κ2) is 13.6. The number of aromatic amines is 2. The molecule has 0 fully saturated rings. The molecule has 0 unspecified atom stereocenters. The molecule has 8 aromatic rings. The average molecular weight is 739 g/mol. The van der Waals surface area contributed by atoms with Crippen LogP contribution in [0.5, 0.6) is 11.5 Å². The minimum Gasteiger partial charge on any atom is -0.486 e. The Kier molecular flexibility index (Phi) is 8.11. The van der Waals surface area contributed by atoms with E-state index >= 15 is 0 Å². The molecule has 56 heavy (non-hydrogen) atoms. The molecule has 4 heterocycles. The first-order valence-electron chi connectivity index (χ1n) is 19.0. The summed E-state index contributed by atoms with van der Waals surface area (Å²) in [5.41, 5.74) is 8.29. The van der Waals surface area contributed by atoms with Crippen LogP contribution in [0.15, 0.2) is 97.6 Å². The fraction of sp³-hybridized carbons (Fsp3) is 0.227. The molecule has 0 amide bonds. The molecule has 2 N–H and O–H groups in total. The molecule has 0 bridgehead atoms. The quantitative estimate of drug-likeness (QED) is 0.165. The summed E-state index contributed by atoms with van der Waals surface area (Å²) in [7, 11) is 0. The van der Waals surface area contributed by atoms with E-state index in [1.807, 2.05) is 90.3 Å². The minimum atomic E-state index is -0.0611. The van der Waals surface area contributed by atoms with E-state index in [4.69, 9.17) is 19.4 Å². The van der Waals surface area contributed by atoms with Crippen LogP contribution in [0.3, 0.4) is 0 Å². The summed E-state index contributed by atoms with van der Waals surface area (Å²) in [5, 5.41) is 19.4. The van der Waals surface area contributed by atoms with Gasteiger partial charge in [0.15, 0.2) is 17.5 Å². The average Bonchev–Trinajstić information content (AvgIpc) is 4.03. The lowest BCUT2D eigenvalue weighted by Gasteiger charge is -2.26. The number of nitriles is 1. The number of aromatic nitrogens is 8. The standard InChI is InChI=1S/C44H37N10O2/c1-27-46-25-43(50-27)53-39-19-35(13-11-33(39)23-48-53)55-42-8-4-6-32-18-30(10-16-38(32)42)22-47-52-26-44(51-28(52)2)54-40-20-36(14-12-34(40)24-49-54)56-41-7-3-5-31-17-29(21-45)9-15-37(31)41/h9-20,23-26,41-42H,3-8H2,1-2H3,(H,46,50)/q+1/p+1/t41-,42+/m1/s1. The first-order chi connectivity index (χ1) is 27.5. The van der Waals surface area contributed by atoms with Crippen LogP contribution in [0.4, 0.5) is 0 Å². The fourth-order valence-electron chi connectivity index (χ4n) is 8.11. The number of H-pyrrole nitrogens is 2. The Morgan fingerprint density at radius 1 is 0.839 bits per heavy atom. The highest BCUT2D eigenvalue weighted by atomic mass is 16.5. The monoisotopic (exact) mass is 738 g/mol. The van der Waals surface area contributed by atoms with Gasteiger partial charge >= 0.3 is 11.9 Å². The van der Waals surface area contributed by atoms with E-state index in [1.165, 1.54) is 16.7 Å². The van der Waals surface area contributed by atoms with E-state index in [1.54, 1.807) is 10.9 Å². The number of fused-ring (bicyclic) bond motifs is 4. The van der Waals surface area contributed by atoms with Gasteiger partial charge in [-0.3, -0.25) is 0 Å². The van der Waals surface area contributed by atoms with E-state index in [-0.39, 0.29) is 12.2 Å². The molecule has 0 saturated heterocycles. The second-order valence-electron chi connectivity index (χ2n) is 14.6. The van der Waals surface area contributed by atoms with Crippen molar-refractivity contribution in [2.75, 3.05) is 0 Å². The van der Waals surface area contributed by atoms with Crippen molar-refractivity contribution >= 4 is 21.8 Å². The number of ether oxygens (including phenoxy) is 2. The molecule has 4 aromatic heterocycles. The number of hydrogen-bond donors (Lipinski definition) is 2. The van der Waals surface area contributed by atoms with Gasteiger partial charge in [-0.25, -0.2) is 14.8 Å². The summed E-state index contributed by atoms with van der Waals surface area (Å²) in [6.07, 6.45) is 13.2. The lowest BCUT2D eigenvalue weighted by atomic mass is 9.88. The van der Waals surface area contributed by atoms with Crippen molar-refractivity contribution in [3.8, 4) is 35.3 Å². The van der Waals surface area contributed by atoms with Crippen molar-refractivity contribution in [1.82, 2.24) is 34.5 Å². The molecule has 2 aliphatic carbocycles. The van der Waals surface area contributed by atoms with Gasteiger partial charge in [-0.05, 0) is 121 Å². The summed E-state index contributed by atoms with van der Waals surface area (Å²) in [6.45, 7) is 3.86. The molecule has 2 aliphatic rings. The molecule has 12 nitrogen and oxygen atoms in total. The predicted molar refractivity (Wildman–Crippen MR) is 210 cm³/mol. The van der Waals surface area contributed by atoms with E-state index in [0.29, 0.717) is 11.4 Å². The van der Waals surface area contributed by atoms with Gasteiger partial charge in [-0.15, -0.1) is 4.68 Å². The fourth-order valence-corrected chi connectivity index (χ4v) is 8.11. The third-order valence-electron chi connectivity index (χ3n) is 10.9. The lowest BCUT2D eigenvalue weighted by molar-refractivity contribution is -0.633. The zero-order valence-corrected chi connectivity index (χ0v) is 31.0. The first kappa shape index (κ1) is 33.4. The van der Waals surface area contributed by atoms with Gasteiger partial charge in [0.05, 0.1) is 35.7 Å². The number of nitrogens with one attached hydrogen (secondary N) is 2. The molecule has 0 spiro atoms. The lowest BCUT2D eigenvalue weighted by Crippen LogP contribution is -2.33. The highest BCUT2D eigenvalue weighted by molar-refractivity contribution is 5.81. The zero-order valence-electron chi connectivity index (χ0n) is 31.0. The zero-order chi connectivity index (χ0) is 37.8. The van der Waals surface area contributed by atoms with Crippen LogP contribution in [0.25, 0.3) is 38.4 Å². The SMILES string of the molecule is Cc1ncc(-n2ncc3ccc(O[C@H]4CCCc5cc(C#[N+]n6cc(-[n+]7[nH]cc8ccc(O[C@@H]9CCCc%10cc(C#N)ccc%109)cc87)nc6C)ccc54)cc32)[nH]1. The first-order valence-corrected chi connectivity index (χ1v) is 19.0. The Hall–Kier alpha value is -7.18. The number of benzene rings is 4. The Morgan fingerprint density at radius 2 is 1.55 bits per heavy atom. The summed E-state index contributed by atoms with van der Waals surface area (Å²) < 4.78 is 18.8. The van der Waals surface area contributed by atoms with Crippen LogP contribution in [0.1, 0.15) is 82.9 Å². The van der Waals surface area contributed by atoms with Gasteiger partial charge in [0.2, 0.25) is 0 Å². The van der Waals surface area contributed by atoms with Crippen molar-refractivity contribution in [3.63, 3.8) is 0 Å². The van der Waals surface area contributed by atoms with Crippen LogP contribution in [0.2, 0.25) is 0 Å². The van der Waals surface area contributed by atoms with Gasteiger partial charge in [0, 0.05) is 34.5 Å². The largest absolute Gasteiger partial charge is 0.486 e.